The standard InChI is InChI=1S/C18H19BIN2O3/c1-22(15-6-8-16(24-2)9-7-15)18(23)17(19-25-12-21)11-13-4-3-5-14(20)10-13/h3-10,12,17,21H,11H2,1-2H3/t17-/m0/s1. The zero-order valence-corrected chi connectivity index (χ0v) is 16.3. The van der Waals surface area contributed by atoms with E-state index in [-0.39, 0.29) is 5.91 Å². The molecule has 0 aromatic heterocycles. The van der Waals surface area contributed by atoms with Crippen molar-refractivity contribution in [3.05, 3.63) is 57.7 Å². The second-order valence-corrected chi connectivity index (χ2v) is 6.67. The van der Waals surface area contributed by atoms with Gasteiger partial charge in [0.1, 0.15) is 12.2 Å². The summed E-state index contributed by atoms with van der Waals surface area (Å²) in [5.41, 5.74) is 1.81. The molecule has 1 N–H and O–H groups in total. The van der Waals surface area contributed by atoms with Crippen LogP contribution in [0.1, 0.15) is 5.56 Å². The van der Waals surface area contributed by atoms with Crippen LogP contribution in [0, 0.1) is 8.98 Å². The van der Waals surface area contributed by atoms with Gasteiger partial charge in [-0.15, -0.1) is 0 Å². The highest BCUT2D eigenvalue weighted by molar-refractivity contribution is 14.1. The van der Waals surface area contributed by atoms with Crippen LogP contribution in [0.15, 0.2) is 48.5 Å². The van der Waals surface area contributed by atoms with Crippen molar-refractivity contribution in [3.63, 3.8) is 0 Å². The average Bonchev–Trinajstić information content (AvgIpc) is 2.64. The van der Waals surface area contributed by atoms with E-state index in [1.807, 2.05) is 48.5 Å². The second kappa shape index (κ2) is 9.46. The van der Waals surface area contributed by atoms with Crippen LogP contribution in [0.3, 0.4) is 0 Å². The van der Waals surface area contributed by atoms with E-state index in [4.69, 9.17) is 14.8 Å². The van der Waals surface area contributed by atoms with E-state index in [9.17, 15) is 4.79 Å². The van der Waals surface area contributed by atoms with E-state index >= 15 is 0 Å². The molecule has 0 bridgehead atoms. The van der Waals surface area contributed by atoms with E-state index < -0.39 is 5.82 Å². The number of halogens is 1. The minimum absolute atomic E-state index is 0.106. The summed E-state index contributed by atoms with van der Waals surface area (Å²) in [6.07, 6.45) is 1.33. The third kappa shape index (κ3) is 5.49. The molecule has 0 saturated heterocycles. The van der Waals surface area contributed by atoms with Crippen LogP contribution >= 0.6 is 22.6 Å². The molecule has 0 unspecified atom stereocenters. The number of nitrogens with zero attached hydrogens (tertiary/aromatic N) is 1. The fraction of sp³-hybridized carbons (Fsp3) is 0.222. The summed E-state index contributed by atoms with van der Waals surface area (Å²) < 4.78 is 11.2. The first kappa shape index (κ1) is 19.3. The largest absolute Gasteiger partial charge is 0.555 e. The topological polar surface area (TPSA) is 62.6 Å². The zero-order valence-electron chi connectivity index (χ0n) is 14.1. The van der Waals surface area contributed by atoms with Gasteiger partial charge in [0.05, 0.1) is 12.9 Å². The van der Waals surface area contributed by atoms with Gasteiger partial charge >= 0.3 is 7.48 Å². The summed E-state index contributed by atoms with van der Waals surface area (Å²) >= 11 is 2.24. The van der Waals surface area contributed by atoms with Gasteiger partial charge in [0.2, 0.25) is 5.91 Å². The Kier molecular flexibility index (Phi) is 7.30. The summed E-state index contributed by atoms with van der Waals surface area (Å²) in [4.78, 5) is 14.5. The minimum atomic E-state index is -0.494. The molecule has 0 aliphatic heterocycles. The molecule has 0 aliphatic carbocycles. The smallest absolute Gasteiger partial charge is 0.384 e. The molecular weight excluding hydrogens is 430 g/mol. The monoisotopic (exact) mass is 449 g/mol. The van der Waals surface area contributed by atoms with Crippen molar-refractivity contribution in [2.45, 2.75) is 12.2 Å². The number of hydrogen-bond donors (Lipinski definition) is 1. The van der Waals surface area contributed by atoms with E-state index in [1.54, 1.807) is 19.1 Å². The molecule has 25 heavy (non-hydrogen) atoms. The number of benzene rings is 2. The maximum atomic E-state index is 12.9. The number of hydrogen-bond acceptors (Lipinski definition) is 4. The van der Waals surface area contributed by atoms with Gasteiger partial charge in [-0.25, -0.2) is 0 Å². The molecule has 5 nitrogen and oxygen atoms in total. The Morgan fingerprint density at radius 1 is 1.32 bits per heavy atom. The van der Waals surface area contributed by atoms with Crippen LogP contribution in [-0.2, 0) is 15.9 Å². The maximum Gasteiger partial charge on any atom is 0.384 e. The van der Waals surface area contributed by atoms with Gasteiger partial charge in [0.15, 0.2) is 0 Å². The summed E-state index contributed by atoms with van der Waals surface area (Å²) in [6, 6.07) is 15.3. The molecule has 129 valence electrons. The molecule has 2 aromatic carbocycles. The molecule has 2 aromatic rings. The van der Waals surface area contributed by atoms with E-state index in [2.05, 4.69) is 22.6 Å². The van der Waals surface area contributed by atoms with Crippen LogP contribution in [0.4, 0.5) is 5.69 Å². The van der Waals surface area contributed by atoms with Crippen molar-refractivity contribution in [2.24, 2.45) is 0 Å². The Labute approximate surface area is 162 Å². The number of carbonyl (C=O) groups is 1. The highest BCUT2D eigenvalue weighted by atomic mass is 127. The van der Waals surface area contributed by atoms with Crippen LogP contribution in [0.25, 0.3) is 0 Å². The van der Waals surface area contributed by atoms with E-state index in [0.717, 1.165) is 27.0 Å². The lowest BCUT2D eigenvalue weighted by Gasteiger charge is -2.23. The lowest BCUT2D eigenvalue weighted by molar-refractivity contribution is -0.118. The van der Waals surface area contributed by atoms with Gasteiger partial charge < -0.3 is 14.3 Å². The minimum Gasteiger partial charge on any atom is -0.555 e. The molecule has 1 amide bonds. The lowest BCUT2D eigenvalue weighted by atomic mass is 9.75. The van der Waals surface area contributed by atoms with Crippen molar-refractivity contribution in [1.82, 2.24) is 0 Å². The van der Waals surface area contributed by atoms with Crippen molar-refractivity contribution in [3.8, 4) is 5.75 Å². The Morgan fingerprint density at radius 3 is 2.64 bits per heavy atom. The first-order chi connectivity index (χ1) is 12.0. The predicted octanol–water partition coefficient (Wildman–Crippen LogP) is 3.54. The lowest BCUT2D eigenvalue weighted by Crippen LogP contribution is -2.34. The summed E-state index contributed by atoms with van der Waals surface area (Å²) in [5, 5.41) is 7.05. The number of methoxy groups -OCH3 is 1. The Balaban J connectivity index is 2.16. The predicted molar refractivity (Wildman–Crippen MR) is 109 cm³/mol. The maximum absolute atomic E-state index is 12.9. The average molecular weight is 449 g/mol. The third-order valence-electron chi connectivity index (χ3n) is 3.76. The van der Waals surface area contributed by atoms with Gasteiger partial charge in [0, 0.05) is 16.3 Å². The van der Waals surface area contributed by atoms with Crippen molar-refractivity contribution < 1.29 is 14.2 Å². The van der Waals surface area contributed by atoms with Gasteiger partial charge in [0.25, 0.3) is 0 Å². The molecule has 1 radical (unpaired) electrons. The van der Waals surface area contributed by atoms with E-state index in [0.29, 0.717) is 6.42 Å². The molecule has 2 rings (SSSR count). The van der Waals surface area contributed by atoms with Crippen molar-refractivity contribution in [2.75, 3.05) is 19.1 Å². The molecule has 0 spiro atoms. The third-order valence-corrected chi connectivity index (χ3v) is 4.43. The zero-order chi connectivity index (χ0) is 18.2. The van der Waals surface area contributed by atoms with Gasteiger partial charge in [-0.3, -0.25) is 10.2 Å². The molecule has 0 fully saturated rings. The van der Waals surface area contributed by atoms with Crippen LogP contribution in [0.2, 0.25) is 5.82 Å². The fourth-order valence-electron chi connectivity index (χ4n) is 2.43. The van der Waals surface area contributed by atoms with Crippen LogP contribution in [-0.4, -0.2) is 33.9 Å². The Morgan fingerprint density at radius 2 is 2.04 bits per heavy atom. The highest BCUT2D eigenvalue weighted by Crippen LogP contribution is 2.23. The number of rotatable bonds is 8. The number of anilines is 1. The number of amides is 1. The summed E-state index contributed by atoms with van der Waals surface area (Å²) in [5.74, 6) is 0.136. The molecule has 7 heteroatoms. The first-order valence-corrected chi connectivity index (χ1v) is 8.77. The number of carbonyl (C=O) groups excluding carboxylic acids is 1. The highest BCUT2D eigenvalue weighted by Gasteiger charge is 2.26. The van der Waals surface area contributed by atoms with Gasteiger partial charge in [-0.05, 0) is 71.0 Å². The number of nitrogens with one attached hydrogen (secondary N) is 1. The van der Waals surface area contributed by atoms with Gasteiger partial charge in [-0.2, -0.15) is 0 Å². The normalized spacial score (nSPS) is 11.3. The number of ether oxygens (including phenoxy) is 1. The molecular formula is C18H19BIN2O3. The fourth-order valence-corrected chi connectivity index (χ4v) is 3.04. The molecule has 0 heterocycles. The van der Waals surface area contributed by atoms with Crippen LogP contribution < -0.4 is 9.64 Å². The summed E-state index contributed by atoms with van der Waals surface area (Å²) in [6.45, 7) is 0. The molecule has 0 aliphatic rings. The van der Waals surface area contributed by atoms with Gasteiger partial charge in [-0.1, -0.05) is 12.1 Å². The quantitative estimate of drug-likeness (QED) is 0.291. The SMILES string of the molecule is COc1ccc(N(C)C(=O)[C@@H]([B]OC=N)Cc2cccc(I)c2)cc1. The van der Waals surface area contributed by atoms with Crippen molar-refractivity contribution >= 4 is 48.1 Å². The van der Waals surface area contributed by atoms with Crippen molar-refractivity contribution in [1.29, 1.82) is 5.41 Å². The molecule has 1 atom stereocenters. The Hall–Kier alpha value is -2.03. The summed E-state index contributed by atoms with van der Waals surface area (Å²) in [7, 11) is 4.74. The van der Waals surface area contributed by atoms with E-state index in [1.165, 1.54) is 7.48 Å². The van der Waals surface area contributed by atoms with Crippen LogP contribution in [0.5, 0.6) is 5.75 Å². The Bertz CT molecular complexity index is 725. The first-order valence-electron chi connectivity index (χ1n) is 7.69. The molecule has 0 saturated carbocycles. The second-order valence-electron chi connectivity index (χ2n) is 5.43.